The summed E-state index contributed by atoms with van der Waals surface area (Å²) in [5.41, 5.74) is 1.18. The third kappa shape index (κ3) is 3.21. The Bertz CT molecular complexity index is 272. The van der Waals surface area contributed by atoms with Crippen molar-refractivity contribution in [1.82, 2.24) is 10.6 Å². The van der Waals surface area contributed by atoms with Crippen molar-refractivity contribution in [2.45, 2.75) is 31.5 Å². The molecule has 0 bridgehead atoms. The van der Waals surface area contributed by atoms with E-state index in [1.807, 2.05) is 6.08 Å². The minimum Gasteiger partial charge on any atom is -0.391 e. The van der Waals surface area contributed by atoms with Crippen LogP contribution in [0.15, 0.2) is 16.8 Å². The summed E-state index contributed by atoms with van der Waals surface area (Å²) in [6, 6.07) is 0. The van der Waals surface area contributed by atoms with E-state index in [0.717, 1.165) is 25.1 Å². The second-order valence-corrected chi connectivity index (χ2v) is 4.32. The molecule has 2 aliphatic rings. The lowest BCUT2D eigenvalue weighted by Crippen LogP contribution is -2.39. The predicted molar refractivity (Wildman–Crippen MR) is 62.3 cm³/mol. The standard InChI is InChI=1S/C11H19N3O2/c15-9-3-1-8(12-5-9)2-4-11-13-6-10(16)7-14-11/h1,9-10,12,15-16H,2-7H2,(H,13,14). The van der Waals surface area contributed by atoms with Crippen LogP contribution in [0.25, 0.3) is 0 Å². The van der Waals surface area contributed by atoms with Crippen LogP contribution in [0.2, 0.25) is 0 Å². The van der Waals surface area contributed by atoms with Gasteiger partial charge < -0.3 is 20.8 Å². The number of nitrogens with one attached hydrogen (secondary N) is 2. The lowest BCUT2D eigenvalue weighted by Gasteiger charge is -2.22. The number of β-amino-alcohol motifs (C(OH)–C–C–N with tert-alkyl or cyclic N) is 2. The molecule has 5 nitrogen and oxygen atoms in total. The third-order valence-corrected chi connectivity index (χ3v) is 2.87. The molecule has 90 valence electrons. The summed E-state index contributed by atoms with van der Waals surface area (Å²) in [7, 11) is 0. The van der Waals surface area contributed by atoms with Gasteiger partial charge in [0.25, 0.3) is 0 Å². The number of hydrogen-bond donors (Lipinski definition) is 4. The average molecular weight is 225 g/mol. The van der Waals surface area contributed by atoms with E-state index >= 15 is 0 Å². The quantitative estimate of drug-likeness (QED) is 0.516. The van der Waals surface area contributed by atoms with Crippen molar-refractivity contribution in [3.8, 4) is 0 Å². The summed E-state index contributed by atoms with van der Waals surface area (Å²) in [6.45, 7) is 1.75. The van der Waals surface area contributed by atoms with Gasteiger partial charge in [0, 0.05) is 25.2 Å². The van der Waals surface area contributed by atoms with Crippen molar-refractivity contribution in [2.75, 3.05) is 19.6 Å². The van der Waals surface area contributed by atoms with Crippen molar-refractivity contribution in [1.29, 1.82) is 0 Å². The molecule has 16 heavy (non-hydrogen) atoms. The maximum atomic E-state index is 9.30. The molecule has 4 N–H and O–H groups in total. The molecule has 5 heteroatoms. The van der Waals surface area contributed by atoms with E-state index in [9.17, 15) is 10.2 Å². The van der Waals surface area contributed by atoms with Gasteiger partial charge in [0.1, 0.15) is 0 Å². The summed E-state index contributed by atoms with van der Waals surface area (Å²) in [5, 5.41) is 24.9. The van der Waals surface area contributed by atoms with Gasteiger partial charge in [0.05, 0.1) is 24.6 Å². The van der Waals surface area contributed by atoms with E-state index in [1.54, 1.807) is 0 Å². The van der Waals surface area contributed by atoms with Gasteiger partial charge in [-0.15, -0.1) is 0 Å². The first kappa shape index (κ1) is 11.4. The largest absolute Gasteiger partial charge is 0.391 e. The average Bonchev–Trinajstić information content (AvgIpc) is 2.30. The van der Waals surface area contributed by atoms with Crippen LogP contribution in [0.5, 0.6) is 0 Å². The van der Waals surface area contributed by atoms with Gasteiger partial charge >= 0.3 is 0 Å². The smallest absolute Gasteiger partial charge is 0.0969 e. The molecule has 2 rings (SSSR count). The van der Waals surface area contributed by atoms with Crippen LogP contribution >= 0.6 is 0 Å². The topological polar surface area (TPSA) is 76.9 Å². The highest BCUT2D eigenvalue weighted by Gasteiger charge is 2.14. The Hall–Kier alpha value is -1.07. The summed E-state index contributed by atoms with van der Waals surface area (Å²) < 4.78 is 0. The molecule has 0 aromatic carbocycles. The Morgan fingerprint density at radius 1 is 1.19 bits per heavy atom. The molecule has 0 amide bonds. The second-order valence-electron chi connectivity index (χ2n) is 4.32. The Balaban J connectivity index is 1.75. The Kier molecular flexibility index (Phi) is 3.79. The molecule has 0 aromatic rings. The molecule has 0 radical (unpaired) electrons. The molecule has 2 aliphatic heterocycles. The number of aliphatic hydroxyl groups is 2. The predicted octanol–water partition coefficient (Wildman–Crippen LogP) is -0.633. The fraction of sp³-hybridized carbons (Fsp3) is 0.727. The van der Waals surface area contributed by atoms with Crippen LogP contribution in [0.1, 0.15) is 19.3 Å². The number of rotatable bonds is 3. The van der Waals surface area contributed by atoms with Gasteiger partial charge in [-0.1, -0.05) is 6.08 Å². The Morgan fingerprint density at radius 2 is 2.00 bits per heavy atom. The van der Waals surface area contributed by atoms with E-state index < -0.39 is 0 Å². The number of hydrogen-bond acceptors (Lipinski definition) is 5. The summed E-state index contributed by atoms with van der Waals surface area (Å²) in [6.07, 6.45) is 3.97. The van der Waals surface area contributed by atoms with Crippen LogP contribution in [-0.2, 0) is 0 Å². The maximum Gasteiger partial charge on any atom is 0.0969 e. The minimum absolute atomic E-state index is 0.246. The lowest BCUT2D eigenvalue weighted by molar-refractivity contribution is 0.171. The van der Waals surface area contributed by atoms with E-state index in [1.165, 1.54) is 5.70 Å². The van der Waals surface area contributed by atoms with Crippen LogP contribution in [0.4, 0.5) is 0 Å². The molecule has 2 atom stereocenters. The SMILES string of the molecule is OC1CC=C(CCC2=NCC(O)CN2)NC1. The van der Waals surface area contributed by atoms with Gasteiger partial charge in [-0.05, 0) is 12.8 Å². The van der Waals surface area contributed by atoms with E-state index in [-0.39, 0.29) is 12.2 Å². The highest BCUT2D eigenvalue weighted by molar-refractivity contribution is 5.83. The zero-order valence-corrected chi connectivity index (χ0v) is 9.32. The van der Waals surface area contributed by atoms with Gasteiger partial charge in [-0.2, -0.15) is 0 Å². The number of amidine groups is 1. The van der Waals surface area contributed by atoms with Gasteiger partial charge in [-0.3, -0.25) is 4.99 Å². The Labute approximate surface area is 95.3 Å². The molecular weight excluding hydrogens is 206 g/mol. The molecule has 0 spiro atoms. The highest BCUT2D eigenvalue weighted by Crippen LogP contribution is 2.10. The monoisotopic (exact) mass is 225 g/mol. The van der Waals surface area contributed by atoms with Crippen LogP contribution in [-0.4, -0.2) is 47.9 Å². The number of aliphatic imine (C=N–C) groups is 1. The molecule has 0 saturated carbocycles. The molecule has 0 aliphatic carbocycles. The summed E-state index contributed by atoms with van der Waals surface area (Å²) in [4.78, 5) is 4.26. The molecule has 2 unspecified atom stereocenters. The van der Waals surface area contributed by atoms with Crippen molar-refractivity contribution in [2.24, 2.45) is 4.99 Å². The van der Waals surface area contributed by atoms with Gasteiger partial charge in [0.2, 0.25) is 0 Å². The second kappa shape index (κ2) is 5.32. The molecule has 0 aromatic heterocycles. The zero-order valence-electron chi connectivity index (χ0n) is 9.32. The van der Waals surface area contributed by atoms with E-state index in [0.29, 0.717) is 19.6 Å². The molecule has 0 fully saturated rings. The molecular formula is C11H19N3O2. The van der Waals surface area contributed by atoms with Crippen molar-refractivity contribution in [3.63, 3.8) is 0 Å². The van der Waals surface area contributed by atoms with Crippen LogP contribution in [0.3, 0.4) is 0 Å². The fourth-order valence-electron chi connectivity index (χ4n) is 1.87. The van der Waals surface area contributed by atoms with Crippen LogP contribution < -0.4 is 10.6 Å². The highest BCUT2D eigenvalue weighted by atomic mass is 16.3. The number of aliphatic hydroxyl groups excluding tert-OH is 2. The number of allylic oxidation sites excluding steroid dienone is 1. The van der Waals surface area contributed by atoms with E-state index in [4.69, 9.17) is 0 Å². The molecule has 0 saturated heterocycles. The number of nitrogens with zero attached hydrogens (tertiary/aromatic N) is 1. The van der Waals surface area contributed by atoms with Gasteiger partial charge in [-0.25, -0.2) is 0 Å². The summed E-state index contributed by atoms with van der Waals surface area (Å²) in [5.74, 6) is 0.971. The maximum absolute atomic E-state index is 9.30. The fourth-order valence-corrected chi connectivity index (χ4v) is 1.87. The summed E-state index contributed by atoms with van der Waals surface area (Å²) >= 11 is 0. The van der Waals surface area contributed by atoms with Crippen molar-refractivity contribution in [3.05, 3.63) is 11.8 Å². The first-order valence-corrected chi connectivity index (χ1v) is 5.80. The normalized spacial score (nSPS) is 29.9. The minimum atomic E-state index is -0.342. The van der Waals surface area contributed by atoms with Crippen molar-refractivity contribution >= 4 is 5.84 Å². The first-order chi connectivity index (χ1) is 7.74. The lowest BCUT2D eigenvalue weighted by atomic mass is 10.1. The van der Waals surface area contributed by atoms with Crippen LogP contribution in [0, 0.1) is 0 Å². The third-order valence-electron chi connectivity index (χ3n) is 2.87. The van der Waals surface area contributed by atoms with Crippen molar-refractivity contribution < 1.29 is 10.2 Å². The van der Waals surface area contributed by atoms with Gasteiger partial charge in [0.15, 0.2) is 0 Å². The van der Waals surface area contributed by atoms with E-state index in [2.05, 4.69) is 15.6 Å². The first-order valence-electron chi connectivity index (χ1n) is 5.80. The Morgan fingerprint density at radius 3 is 2.62 bits per heavy atom. The zero-order chi connectivity index (χ0) is 11.4. The molecule has 2 heterocycles.